The van der Waals surface area contributed by atoms with Crippen LogP contribution in [0, 0.1) is 0 Å². The molecule has 0 saturated heterocycles. The Labute approximate surface area is 93.1 Å². The largest absolute Gasteiger partial charge is 0.301 e. The molecule has 0 radical (unpaired) electrons. The van der Waals surface area contributed by atoms with Crippen LogP contribution >= 0.6 is 27.7 Å². The maximum Gasteiger partial charge on any atom is 0.259 e. The van der Waals surface area contributed by atoms with E-state index < -0.39 is 0 Å². The average Bonchev–Trinajstić information content (AvgIpc) is 2.16. The summed E-state index contributed by atoms with van der Waals surface area (Å²) in [6.45, 7) is 0. The van der Waals surface area contributed by atoms with Crippen molar-refractivity contribution in [3.63, 3.8) is 0 Å². The van der Waals surface area contributed by atoms with Crippen molar-refractivity contribution in [2.24, 2.45) is 0 Å². The Balaban J connectivity index is 2.84. The van der Waals surface area contributed by atoms with E-state index in [1.54, 1.807) is 6.07 Å². The van der Waals surface area contributed by atoms with Crippen LogP contribution in [0.4, 0.5) is 0 Å². The maximum absolute atomic E-state index is 11.5. The molecule has 1 aromatic carbocycles. The van der Waals surface area contributed by atoms with E-state index >= 15 is 0 Å². The molecule has 1 heterocycles. The Morgan fingerprint density at radius 2 is 2.29 bits per heavy atom. The van der Waals surface area contributed by atoms with Crippen LogP contribution in [0.1, 0.15) is 0 Å². The van der Waals surface area contributed by atoms with Gasteiger partial charge < -0.3 is 4.98 Å². The summed E-state index contributed by atoms with van der Waals surface area (Å²) in [5.74, 6) is 0. The highest BCUT2D eigenvalue weighted by atomic mass is 79.9. The molecule has 0 saturated carbocycles. The Bertz CT molecular complexity index is 538. The molecule has 1 aromatic heterocycles. The van der Waals surface area contributed by atoms with Crippen LogP contribution in [0.5, 0.6) is 0 Å². The number of nitrogens with one attached hydrogen (secondary N) is 1. The van der Waals surface area contributed by atoms with Gasteiger partial charge in [-0.25, -0.2) is 4.98 Å². The highest BCUT2D eigenvalue weighted by molar-refractivity contribution is 9.10. The van der Waals surface area contributed by atoms with Crippen molar-refractivity contribution < 1.29 is 0 Å². The first kappa shape index (κ1) is 9.73. The molecule has 2 rings (SSSR count). The molecule has 0 spiro atoms. The lowest BCUT2D eigenvalue weighted by Gasteiger charge is -1.99. The van der Waals surface area contributed by atoms with E-state index in [2.05, 4.69) is 25.9 Å². The van der Waals surface area contributed by atoms with E-state index in [1.165, 1.54) is 11.8 Å². The van der Waals surface area contributed by atoms with Crippen LogP contribution in [0.15, 0.2) is 32.6 Å². The summed E-state index contributed by atoms with van der Waals surface area (Å²) in [4.78, 5) is 18.5. The molecule has 0 amide bonds. The molecular weight excluding hydrogens is 264 g/mol. The second kappa shape index (κ2) is 3.74. The van der Waals surface area contributed by atoms with Gasteiger partial charge in [-0.15, -0.1) is 0 Å². The molecule has 1 N–H and O–H groups in total. The number of aromatic amines is 1. The number of hydrogen-bond acceptors (Lipinski definition) is 3. The van der Waals surface area contributed by atoms with E-state index in [4.69, 9.17) is 0 Å². The number of fused-ring (bicyclic) bond motifs is 1. The van der Waals surface area contributed by atoms with E-state index in [-0.39, 0.29) is 5.56 Å². The molecule has 72 valence electrons. The number of hydrogen-bond donors (Lipinski definition) is 1. The number of nitrogens with zero attached hydrogens (tertiary/aromatic N) is 1. The van der Waals surface area contributed by atoms with Gasteiger partial charge in [0.15, 0.2) is 5.16 Å². The normalized spacial score (nSPS) is 10.7. The Hall–Kier alpha value is -0.810. The summed E-state index contributed by atoms with van der Waals surface area (Å²) >= 11 is 4.77. The zero-order chi connectivity index (χ0) is 10.1. The molecule has 5 heteroatoms. The fourth-order valence-electron chi connectivity index (χ4n) is 1.19. The van der Waals surface area contributed by atoms with Crippen LogP contribution in [0.2, 0.25) is 0 Å². The van der Waals surface area contributed by atoms with Gasteiger partial charge in [0.05, 0.1) is 10.9 Å². The van der Waals surface area contributed by atoms with Crippen molar-refractivity contribution in [3.8, 4) is 0 Å². The first-order valence-electron chi connectivity index (χ1n) is 3.94. The molecule has 0 atom stereocenters. The van der Waals surface area contributed by atoms with Crippen LogP contribution < -0.4 is 5.56 Å². The van der Waals surface area contributed by atoms with Gasteiger partial charge in [-0.05, 0) is 24.5 Å². The third kappa shape index (κ3) is 1.69. The molecule has 2 aromatic rings. The van der Waals surface area contributed by atoms with Crippen molar-refractivity contribution in [2.45, 2.75) is 5.16 Å². The Morgan fingerprint density at radius 1 is 1.50 bits per heavy atom. The lowest BCUT2D eigenvalue weighted by Crippen LogP contribution is -2.08. The molecule has 0 aliphatic heterocycles. The monoisotopic (exact) mass is 270 g/mol. The van der Waals surface area contributed by atoms with E-state index in [0.29, 0.717) is 16.1 Å². The minimum absolute atomic E-state index is 0.0909. The molecule has 14 heavy (non-hydrogen) atoms. The number of H-pyrrole nitrogens is 1. The van der Waals surface area contributed by atoms with Gasteiger partial charge in [-0.1, -0.05) is 27.7 Å². The number of thioether (sulfide) groups is 1. The first-order valence-corrected chi connectivity index (χ1v) is 5.96. The Morgan fingerprint density at radius 3 is 3.00 bits per heavy atom. The number of aromatic nitrogens is 2. The molecule has 0 bridgehead atoms. The summed E-state index contributed by atoms with van der Waals surface area (Å²) < 4.78 is 0.926. The van der Waals surface area contributed by atoms with Crippen molar-refractivity contribution in [1.29, 1.82) is 0 Å². The quantitative estimate of drug-likeness (QED) is 0.640. The van der Waals surface area contributed by atoms with E-state index in [1.807, 2.05) is 18.4 Å². The molecule has 0 aliphatic rings. The molecule has 0 unspecified atom stereocenters. The summed E-state index contributed by atoms with van der Waals surface area (Å²) in [5.41, 5.74) is 0.624. The van der Waals surface area contributed by atoms with Crippen molar-refractivity contribution in [2.75, 3.05) is 6.26 Å². The van der Waals surface area contributed by atoms with Crippen LogP contribution in [-0.2, 0) is 0 Å². The predicted molar refractivity (Wildman–Crippen MR) is 61.8 cm³/mol. The van der Waals surface area contributed by atoms with Gasteiger partial charge in [-0.3, -0.25) is 4.79 Å². The SMILES string of the molecule is CSc1nc2cc(Br)ccc2c(=O)[nH]1. The fourth-order valence-corrected chi connectivity index (χ4v) is 1.92. The van der Waals surface area contributed by atoms with Gasteiger partial charge in [0, 0.05) is 4.47 Å². The topological polar surface area (TPSA) is 45.8 Å². The van der Waals surface area contributed by atoms with E-state index in [0.717, 1.165) is 4.47 Å². The fraction of sp³-hybridized carbons (Fsp3) is 0.111. The minimum Gasteiger partial charge on any atom is -0.301 e. The standard InChI is InChI=1S/C9H7BrN2OS/c1-14-9-11-7-4-5(10)2-3-6(7)8(13)12-9/h2-4H,1H3,(H,11,12,13). The van der Waals surface area contributed by atoms with Crippen molar-refractivity contribution in [1.82, 2.24) is 9.97 Å². The summed E-state index contributed by atoms with van der Waals surface area (Å²) in [7, 11) is 0. The second-order valence-corrected chi connectivity index (χ2v) is 4.45. The van der Waals surface area contributed by atoms with Crippen molar-refractivity contribution >= 4 is 38.6 Å². The summed E-state index contributed by atoms with van der Waals surface area (Å²) in [6.07, 6.45) is 1.88. The molecule has 0 aliphatic carbocycles. The highest BCUT2D eigenvalue weighted by Gasteiger charge is 2.02. The maximum atomic E-state index is 11.5. The smallest absolute Gasteiger partial charge is 0.259 e. The lowest BCUT2D eigenvalue weighted by molar-refractivity contribution is 0.977. The molecule has 3 nitrogen and oxygen atoms in total. The van der Waals surface area contributed by atoms with Gasteiger partial charge in [0.2, 0.25) is 0 Å². The molecular formula is C9H7BrN2OS. The van der Waals surface area contributed by atoms with Crippen molar-refractivity contribution in [3.05, 3.63) is 33.0 Å². The van der Waals surface area contributed by atoms with Gasteiger partial charge in [0.1, 0.15) is 0 Å². The van der Waals surface area contributed by atoms with Crippen LogP contribution in [-0.4, -0.2) is 16.2 Å². The Kier molecular flexibility index (Phi) is 2.60. The zero-order valence-corrected chi connectivity index (χ0v) is 9.78. The summed E-state index contributed by atoms with van der Waals surface area (Å²) in [6, 6.07) is 5.43. The number of rotatable bonds is 1. The third-order valence-corrected chi connectivity index (χ3v) is 2.91. The third-order valence-electron chi connectivity index (χ3n) is 1.84. The number of halogens is 1. The minimum atomic E-state index is -0.0909. The van der Waals surface area contributed by atoms with Gasteiger partial charge in [0.25, 0.3) is 5.56 Å². The van der Waals surface area contributed by atoms with Gasteiger partial charge >= 0.3 is 0 Å². The lowest BCUT2D eigenvalue weighted by atomic mass is 10.2. The zero-order valence-electron chi connectivity index (χ0n) is 7.37. The summed E-state index contributed by atoms with van der Waals surface area (Å²) in [5, 5.41) is 1.26. The number of benzene rings is 1. The second-order valence-electron chi connectivity index (χ2n) is 2.74. The molecule has 0 fully saturated rings. The first-order chi connectivity index (χ1) is 6.70. The van der Waals surface area contributed by atoms with Crippen LogP contribution in [0.3, 0.4) is 0 Å². The van der Waals surface area contributed by atoms with Gasteiger partial charge in [-0.2, -0.15) is 0 Å². The predicted octanol–water partition coefficient (Wildman–Crippen LogP) is 2.41. The van der Waals surface area contributed by atoms with E-state index in [9.17, 15) is 4.79 Å². The highest BCUT2D eigenvalue weighted by Crippen LogP contribution is 2.17. The average molecular weight is 271 g/mol. The van der Waals surface area contributed by atoms with Crippen LogP contribution in [0.25, 0.3) is 10.9 Å².